The summed E-state index contributed by atoms with van der Waals surface area (Å²) >= 11 is 1.53. The molecule has 1 aromatic heterocycles. The number of ether oxygens (including phenoxy) is 2. The van der Waals surface area contributed by atoms with E-state index in [1.165, 1.54) is 11.8 Å². The third-order valence-corrected chi connectivity index (χ3v) is 4.73. The molecule has 4 rings (SSSR count). The van der Waals surface area contributed by atoms with Gasteiger partial charge in [-0.3, -0.25) is 4.79 Å². The fraction of sp³-hybridized carbons (Fsp3) is 0.158. The van der Waals surface area contributed by atoms with Crippen LogP contribution in [0.25, 0.3) is 5.69 Å². The number of hydrogen-bond acceptors (Lipinski definition) is 5. The van der Waals surface area contributed by atoms with E-state index in [9.17, 15) is 4.79 Å². The Bertz CT molecular complexity index is 940. The number of amides is 1. The second kappa shape index (κ2) is 7.13. The van der Waals surface area contributed by atoms with E-state index in [0.29, 0.717) is 36.1 Å². The van der Waals surface area contributed by atoms with Crippen molar-refractivity contribution in [3.63, 3.8) is 0 Å². The van der Waals surface area contributed by atoms with E-state index in [1.807, 2.05) is 42.7 Å². The number of benzene rings is 2. The minimum absolute atomic E-state index is 0.272. The molecule has 1 aliphatic rings. The van der Waals surface area contributed by atoms with Crippen LogP contribution in [0.3, 0.4) is 0 Å². The molecular formula is C19H17N3O3S. The zero-order valence-corrected chi connectivity index (χ0v) is 15.0. The number of nitrogens with zero attached hydrogens (tertiary/aromatic N) is 2. The van der Waals surface area contributed by atoms with Gasteiger partial charge in [-0.2, -0.15) is 5.10 Å². The Labute approximate surface area is 155 Å². The molecule has 1 aliphatic heterocycles. The van der Waals surface area contributed by atoms with Gasteiger partial charge in [0.15, 0.2) is 17.2 Å². The molecule has 1 amide bonds. The van der Waals surface area contributed by atoms with E-state index in [-0.39, 0.29) is 5.91 Å². The number of hydrogen-bond donors (Lipinski definition) is 1. The first-order valence-corrected chi connectivity index (χ1v) is 9.37. The molecule has 0 spiro atoms. The van der Waals surface area contributed by atoms with Gasteiger partial charge in [-0.1, -0.05) is 18.2 Å². The number of anilines is 1. The lowest BCUT2D eigenvalue weighted by Gasteiger charge is -2.20. The van der Waals surface area contributed by atoms with E-state index in [1.54, 1.807) is 23.0 Å². The van der Waals surface area contributed by atoms with Gasteiger partial charge in [-0.25, -0.2) is 4.68 Å². The number of para-hydroxylation sites is 1. The van der Waals surface area contributed by atoms with Crippen molar-refractivity contribution in [2.24, 2.45) is 0 Å². The Kier molecular flexibility index (Phi) is 4.53. The van der Waals surface area contributed by atoms with E-state index in [2.05, 4.69) is 10.4 Å². The molecule has 0 saturated carbocycles. The number of nitrogens with one attached hydrogen (secondary N) is 1. The largest absolute Gasteiger partial charge is 0.486 e. The maximum Gasteiger partial charge on any atom is 0.276 e. The SMILES string of the molecule is CSc1cc2c(cc1NC(=O)c1ccn(-c3ccccc3)n1)OCCO2. The molecule has 3 aromatic rings. The van der Waals surface area contributed by atoms with Gasteiger partial charge in [0.05, 0.1) is 11.4 Å². The van der Waals surface area contributed by atoms with Gasteiger partial charge in [0, 0.05) is 17.2 Å². The van der Waals surface area contributed by atoms with Crippen LogP contribution in [0.5, 0.6) is 11.5 Å². The van der Waals surface area contributed by atoms with Crippen LogP contribution in [0.1, 0.15) is 10.5 Å². The number of thioether (sulfide) groups is 1. The molecule has 1 N–H and O–H groups in total. The van der Waals surface area contributed by atoms with Crippen LogP contribution >= 0.6 is 11.8 Å². The first-order valence-electron chi connectivity index (χ1n) is 8.14. The summed E-state index contributed by atoms with van der Waals surface area (Å²) in [6.07, 6.45) is 3.72. The lowest BCUT2D eigenvalue weighted by molar-refractivity contribution is 0.102. The number of aromatic nitrogens is 2. The van der Waals surface area contributed by atoms with Gasteiger partial charge in [-0.05, 0) is 30.5 Å². The highest BCUT2D eigenvalue weighted by Gasteiger charge is 2.18. The third kappa shape index (κ3) is 3.25. The quantitative estimate of drug-likeness (QED) is 0.714. The molecule has 0 saturated heterocycles. The fourth-order valence-corrected chi connectivity index (χ4v) is 3.25. The first kappa shape index (κ1) is 16.5. The summed E-state index contributed by atoms with van der Waals surface area (Å²) in [7, 11) is 0. The van der Waals surface area contributed by atoms with Crippen molar-refractivity contribution in [1.29, 1.82) is 0 Å². The number of carbonyl (C=O) groups excluding carboxylic acids is 1. The predicted octanol–water partition coefficient (Wildman–Crippen LogP) is 3.62. The van der Waals surface area contributed by atoms with Crippen LogP contribution in [0, 0.1) is 0 Å². The van der Waals surface area contributed by atoms with Crippen molar-refractivity contribution in [3.05, 3.63) is 60.4 Å². The Morgan fingerprint density at radius 1 is 1.12 bits per heavy atom. The molecule has 0 radical (unpaired) electrons. The van der Waals surface area contributed by atoms with E-state index in [0.717, 1.165) is 10.6 Å². The molecule has 2 aromatic carbocycles. The molecule has 0 fully saturated rings. The van der Waals surface area contributed by atoms with Gasteiger partial charge in [0.25, 0.3) is 5.91 Å². The van der Waals surface area contributed by atoms with Crippen LogP contribution in [-0.2, 0) is 0 Å². The van der Waals surface area contributed by atoms with Crippen molar-refractivity contribution in [1.82, 2.24) is 9.78 Å². The number of carbonyl (C=O) groups is 1. The summed E-state index contributed by atoms with van der Waals surface area (Å²) in [6.45, 7) is 1.03. The van der Waals surface area contributed by atoms with Crippen molar-refractivity contribution >= 4 is 23.4 Å². The van der Waals surface area contributed by atoms with Crippen LogP contribution in [-0.4, -0.2) is 35.2 Å². The van der Waals surface area contributed by atoms with Gasteiger partial charge in [-0.15, -0.1) is 11.8 Å². The van der Waals surface area contributed by atoms with Crippen LogP contribution in [0.4, 0.5) is 5.69 Å². The minimum atomic E-state index is -0.272. The zero-order valence-electron chi connectivity index (χ0n) is 14.1. The maximum absolute atomic E-state index is 12.6. The van der Waals surface area contributed by atoms with Crippen LogP contribution < -0.4 is 14.8 Å². The average Bonchev–Trinajstić information content (AvgIpc) is 3.18. The molecule has 2 heterocycles. The van der Waals surface area contributed by atoms with Crippen LogP contribution in [0.2, 0.25) is 0 Å². The normalized spacial score (nSPS) is 12.7. The second-order valence-corrected chi connectivity index (χ2v) is 6.48. The highest BCUT2D eigenvalue weighted by molar-refractivity contribution is 7.98. The average molecular weight is 367 g/mol. The standard InChI is InChI=1S/C19H17N3O3S/c1-26-18-12-17-16(24-9-10-25-17)11-15(18)20-19(23)14-7-8-22(21-14)13-5-3-2-4-6-13/h2-8,11-12H,9-10H2,1H3,(H,20,23). The molecule has 0 bridgehead atoms. The van der Waals surface area contributed by atoms with Crippen LogP contribution in [0.15, 0.2) is 59.6 Å². The molecule has 6 nitrogen and oxygen atoms in total. The summed E-state index contributed by atoms with van der Waals surface area (Å²) in [5, 5.41) is 7.28. The number of fused-ring (bicyclic) bond motifs is 1. The topological polar surface area (TPSA) is 65.4 Å². The minimum Gasteiger partial charge on any atom is -0.486 e. The Morgan fingerprint density at radius 3 is 2.58 bits per heavy atom. The summed E-state index contributed by atoms with van der Waals surface area (Å²) < 4.78 is 12.9. The zero-order chi connectivity index (χ0) is 17.9. The molecular weight excluding hydrogens is 350 g/mol. The van der Waals surface area contributed by atoms with Crippen molar-refractivity contribution in [2.45, 2.75) is 4.90 Å². The molecule has 7 heteroatoms. The smallest absolute Gasteiger partial charge is 0.276 e. The Balaban J connectivity index is 1.58. The molecule has 132 valence electrons. The van der Waals surface area contributed by atoms with Gasteiger partial charge in [0.1, 0.15) is 13.2 Å². The summed E-state index contributed by atoms with van der Waals surface area (Å²) in [5.41, 5.74) is 1.92. The molecule has 0 atom stereocenters. The summed E-state index contributed by atoms with van der Waals surface area (Å²) in [5.74, 6) is 1.07. The fourth-order valence-electron chi connectivity index (χ4n) is 2.69. The maximum atomic E-state index is 12.6. The van der Waals surface area contributed by atoms with Gasteiger partial charge >= 0.3 is 0 Å². The number of rotatable bonds is 4. The molecule has 0 unspecified atom stereocenters. The monoisotopic (exact) mass is 367 g/mol. The third-order valence-electron chi connectivity index (χ3n) is 3.95. The summed E-state index contributed by atoms with van der Waals surface area (Å²) in [4.78, 5) is 13.5. The first-order chi connectivity index (χ1) is 12.7. The van der Waals surface area contributed by atoms with Crippen molar-refractivity contribution in [3.8, 4) is 17.2 Å². The van der Waals surface area contributed by atoms with Crippen molar-refractivity contribution in [2.75, 3.05) is 24.8 Å². The predicted molar refractivity (Wildman–Crippen MR) is 101 cm³/mol. The lowest BCUT2D eigenvalue weighted by atomic mass is 10.2. The van der Waals surface area contributed by atoms with E-state index >= 15 is 0 Å². The molecule has 0 aliphatic carbocycles. The lowest BCUT2D eigenvalue weighted by Crippen LogP contribution is -2.17. The van der Waals surface area contributed by atoms with Gasteiger partial charge < -0.3 is 14.8 Å². The van der Waals surface area contributed by atoms with Crippen molar-refractivity contribution < 1.29 is 14.3 Å². The highest BCUT2D eigenvalue weighted by atomic mass is 32.2. The second-order valence-electron chi connectivity index (χ2n) is 5.63. The molecule has 26 heavy (non-hydrogen) atoms. The Morgan fingerprint density at radius 2 is 1.85 bits per heavy atom. The van der Waals surface area contributed by atoms with E-state index in [4.69, 9.17) is 9.47 Å². The summed E-state index contributed by atoms with van der Waals surface area (Å²) in [6, 6.07) is 15.0. The highest BCUT2D eigenvalue weighted by Crippen LogP contribution is 2.39. The van der Waals surface area contributed by atoms with Gasteiger partial charge in [0.2, 0.25) is 0 Å². The van der Waals surface area contributed by atoms with E-state index < -0.39 is 0 Å². The Hall–Kier alpha value is -2.93.